The minimum absolute atomic E-state index is 0.563. The summed E-state index contributed by atoms with van der Waals surface area (Å²) in [6, 6.07) is 1.91. The zero-order chi connectivity index (χ0) is 7.94. The van der Waals surface area contributed by atoms with Crippen LogP contribution in [0.25, 0.3) is 0 Å². The fourth-order valence-electron chi connectivity index (χ4n) is 1.10. The predicted molar refractivity (Wildman–Crippen MR) is 41.8 cm³/mol. The third-order valence-corrected chi connectivity index (χ3v) is 1.75. The Morgan fingerprint density at radius 3 is 2.73 bits per heavy atom. The lowest BCUT2D eigenvalue weighted by Gasteiger charge is -2.17. The van der Waals surface area contributed by atoms with Crippen LogP contribution < -0.4 is 0 Å². The Morgan fingerprint density at radius 1 is 1.36 bits per heavy atom. The van der Waals surface area contributed by atoms with Crippen LogP contribution in [0.1, 0.15) is 12.8 Å². The van der Waals surface area contributed by atoms with Crippen molar-refractivity contribution < 1.29 is 4.74 Å². The lowest BCUT2D eigenvalue weighted by atomic mass is 10.0. The van der Waals surface area contributed by atoms with E-state index in [-0.39, 0.29) is 0 Å². The van der Waals surface area contributed by atoms with Crippen molar-refractivity contribution in [1.82, 2.24) is 0 Å². The molecule has 2 heteroatoms. The summed E-state index contributed by atoms with van der Waals surface area (Å²) in [5.41, 5.74) is 2.84. The summed E-state index contributed by atoms with van der Waals surface area (Å²) in [6.45, 7) is 1.69. The number of nitrogens with zero attached hydrogens (tertiary/aromatic N) is 1. The summed E-state index contributed by atoms with van der Waals surface area (Å²) >= 11 is 0. The molecule has 0 aliphatic carbocycles. The number of ether oxygens (including phenoxy) is 1. The molecule has 0 atom stereocenters. The van der Waals surface area contributed by atoms with Crippen LogP contribution in [0.15, 0.2) is 17.9 Å². The summed E-state index contributed by atoms with van der Waals surface area (Å²) in [7, 11) is 0. The molecule has 11 heavy (non-hydrogen) atoms. The molecular formula is C9H11NO. The second kappa shape index (κ2) is 4.73. The summed E-state index contributed by atoms with van der Waals surface area (Å²) in [5.74, 6) is 0.563. The molecule has 0 spiro atoms. The maximum Gasteiger partial charge on any atom is 0.0996 e. The van der Waals surface area contributed by atoms with Gasteiger partial charge in [0.15, 0.2) is 0 Å². The SMILES string of the molecule is N#CC=C=CC1CCOCC1. The molecule has 1 heterocycles. The molecule has 0 radical (unpaired) electrons. The van der Waals surface area contributed by atoms with Crippen molar-refractivity contribution in [3.05, 3.63) is 17.9 Å². The van der Waals surface area contributed by atoms with Crippen molar-refractivity contribution in [2.45, 2.75) is 12.8 Å². The van der Waals surface area contributed by atoms with Crippen LogP contribution in [0.2, 0.25) is 0 Å². The first-order chi connectivity index (χ1) is 5.43. The molecule has 1 aliphatic heterocycles. The second-order valence-corrected chi connectivity index (χ2v) is 2.56. The molecule has 0 bridgehead atoms. The number of hydrogen-bond acceptors (Lipinski definition) is 2. The molecule has 0 N–H and O–H groups in total. The molecule has 58 valence electrons. The van der Waals surface area contributed by atoms with Gasteiger partial charge in [-0.15, -0.1) is 5.73 Å². The standard InChI is InChI=1S/C9H11NO/c10-6-2-1-3-9-4-7-11-8-5-9/h2-3,9H,4-5,7-8H2. The number of rotatable bonds is 1. The van der Waals surface area contributed by atoms with E-state index < -0.39 is 0 Å². The molecule has 1 rings (SSSR count). The van der Waals surface area contributed by atoms with E-state index in [0.717, 1.165) is 26.1 Å². The van der Waals surface area contributed by atoms with Crippen molar-refractivity contribution in [1.29, 1.82) is 5.26 Å². The number of allylic oxidation sites excluding steroid dienone is 1. The zero-order valence-electron chi connectivity index (χ0n) is 6.42. The van der Waals surface area contributed by atoms with E-state index in [0.29, 0.717) is 5.92 Å². The normalized spacial score (nSPS) is 18.1. The lowest BCUT2D eigenvalue weighted by Crippen LogP contribution is -2.13. The van der Waals surface area contributed by atoms with Crippen LogP contribution in [0.5, 0.6) is 0 Å². The monoisotopic (exact) mass is 149 g/mol. The minimum atomic E-state index is 0.563. The quantitative estimate of drug-likeness (QED) is 0.419. The summed E-state index contributed by atoms with van der Waals surface area (Å²) in [4.78, 5) is 0. The summed E-state index contributed by atoms with van der Waals surface area (Å²) in [5, 5.41) is 8.18. The highest BCUT2D eigenvalue weighted by atomic mass is 16.5. The van der Waals surface area contributed by atoms with Gasteiger partial charge in [0.05, 0.1) is 12.1 Å². The molecule has 1 aliphatic rings. The second-order valence-electron chi connectivity index (χ2n) is 2.56. The highest BCUT2D eigenvalue weighted by Gasteiger charge is 2.09. The molecule has 1 saturated heterocycles. The molecule has 2 nitrogen and oxygen atoms in total. The fraction of sp³-hybridized carbons (Fsp3) is 0.556. The van der Waals surface area contributed by atoms with E-state index in [1.807, 2.05) is 12.1 Å². The van der Waals surface area contributed by atoms with Crippen LogP contribution in [0.3, 0.4) is 0 Å². The molecule has 0 aromatic heterocycles. The molecule has 0 aromatic rings. The fourth-order valence-corrected chi connectivity index (χ4v) is 1.10. The van der Waals surface area contributed by atoms with Crippen LogP contribution in [-0.2, 0) is 4.74 Å². The highest BCUT2D eigenvalue weighted by Crippen LogP contribution is 2.14. The van der Waals surface area contributed by atoms with E-state index >= 15 is 0 Å². The van der Waals surface area contributed by atoms with Gasteiger partial charge < -0.3 is 4.74 Å². The topological polar surface area (TPSA) is 33.0 Å². The Morgan fingerprint density at radius 2 is 2.09 bits per heavy atom. The summed E-state index contributed by atoms with van der Waals surface area (Å²) in [6.07, 6.45) is 5.47. The number of nitriles is 1. The molecule has 0 amide bonds. The third-order valence-electron chi connectivity index (χ3n) is 1.75. The van der Waals surface area contributed by atoms with Gasteiger partial charge in [-0.3, -0.25) is 0 Å². The van der Waals surface area contributed by atoms with Crippen molar-refractivity contribution >= 4 is 0 Å². The van der Waals surface area contributed by atoms with Crippen molar-refractivity contribution in [3.8, 4) is 6.07 Å². The van der Waals surface area contributed by atoms with Gasteiger partial charge in [0, 0.05) is 13.2 Å². The van der Waals surface area contributed by atoms with Gasteiger partial charge in [0.2, 0.25) is 0 Å². The lowest BCUT2D eigenvalue weighted by molar-refractivity contribution is 0.0786. The van der Waals surface area contributed by atoms with Crippen LogP contribution in [0, 0.1) is 17.2 Å². The van der Waals surface area contributed by atoms with Gasteiger partial charge in [-0.1, -0.05) is 0 Å². The first-order valence-electron chi connectivity index (χ1n) is 3.82. The Labute approximate surface area is 66.8 Å². The summed E-state index contributed by atoms with van der Waals surface area (Å²) < 4.78 is 5.18. The van der Waals surface area contributed by atoms with E-state index in [1.54, 1.807) is 0 Å². The predicted octanol–water partition coefficient (Wildman–Crippen LogP) is 1.65. The smallest absolute Gasteiger partial charge is 0.0996 e. The maximum atomic E-state index is 8.18. The van der Waals surface area contributed by atoms with Crippen molar-refractivity contribution in [2.75, 3.05) is 13.2 Å². The minimum Gasteiger partial charge on any atom is -0.381 e. The zero-order valence-corrected chi connectivity index (χ0v) is 6.42. The van der Waals surface area contributed by atoms with Gasteiger partial charge in [0.25, 0.3) is 0 Å². The van der Waals surface area contributed by atoms with Crippen molar-refractivity contribution in [2.24, 2.45) is 5.92 Å². The Bertz CT molecular complexity index is 202. The Balaban J connectivity index is 2.36. The average Bonchev–Trinajstić information content (AvgIpc) is 2.07. The Hall–Kier alpha value is -1.03. The van der Waals surface area contributed by atoms with Gasteiger partial charge in [0.1, 0.15) is 0 Å². The van der Waals surface area contributed by atoms with E-state index in [9.17, 15) is 0 Å². The molecule has 0 saturated carbocycles. The van der Waals surface area contributed by atoms with Crippen LogP contribution in [0.4, 0.5) is 0 Å². The molecule has 0 unspecified atom stereocenters. The molecule has 1 fully saturated rings. The molecule has 0 aromatic carbocycles. The van der Waals surface area contributed by atoms with E-state index in [1.165, 1.54) is 6.08 Å². The molecular weight excluding hydrogens is 138 g/mol. The highest BCUT2D eigenvalue weighted by molar-refractivity contribution is 5.02. The van der Waals surface area contributed by atoms with Crippen molar-refractivity contribution in [3.63, 3.8) is 0 Å². The first-order valence-corrected chi connectivity index (χ1v) is 3.82. The van der Waals surface area contributed by atoms with Gasteiger partial charge in [-0.05, 0) is 24.8 Å². The van der Waals surface area contributed by atoms with Crippen LogP contribution in [-0.4, -0.2) is 13.2 Å². The average molecular weight is 149 g/mol. The Kier molecular flexibility index (Phi) is 3.47. The van der Waals surface area contributed by atoms with Crippen LogP contribution >= 0.6 is 0 Å². The first kappa shape index (κ1) is 8.07. The number of hydrogen-bond donors (Lipinski definition) is 0. The van der Waals surface area contributed by atoms with E-state index in [4.69, 9.17) is 10.00 Å². The van der Waals surface area contributed by atoms with Gasteiger partial charge in [-0.2, -0.15) is 5.26 Å². The van der Waals surface area contributed by atoms with Gasteiger partial charge >= 0.3 is 0 Å². The van der Waals surface area contributed by atoms with E-state index in [2.05, 4.69) is 5.73 Å². The largest absolute Gasteiger partial charge is 0.381 e. The van der Waals surface area contributed by atoms with Gasteiger partial charge in [-0.25, -0.2) is 0 Å². The third kappa shape index (κ3) is 3.04. The maximum absolute atomic E-state index is 8.18.